The second kappa shape index (κ2) is 5.78. The van der Waals surface area contributed by atoms with Gasteiger partial charge >= 0.3 is 0 Å². The minimum absolute atomic E-state index is 0.352. The molecule has 0 radical (unpaired) electrons. The maximum Gasteiger partial charge on any atom is 0.150 e. The fourth-order valence-corrected chi connectivity index (χ4v) is 5.30. The number of rotatable bonds is 3. The molecule has 1 aromatic rings. The van der Waals surface area contributed by atoms with Gasteiger partial charge in [0.25, 0.3) is 0 Å². The number of halogens is 1. The average Bonchev–Trinajstić information content (AvgIpc) is 2.36. The molecule has 110 valence electrons. The molecule has 3 nitrogen and oxygen atoms in total. The van der Waals surface area contributed by atoms with Crippen LogP contribution in [0.3, 0.4) is 0 Å². The van der Waals surface area contributed by atoms with Crippen LogP contribution >= 0.6 is 15.9 Å². The van der Waals surface area contributed by atoms with E-state index in [4.69, 9.17) is 0 Å². The van der Waals surface area contributed by atoms with Crippen LogP contribution in [0.2, 0.25) is 0 Å². The summed E-state index contributed by atoms with van der Waals surface area (Å²) in [7, 11) is -2.75. The lowest BCUT2D eigenvalue weighted by Gasteiger charge is -2.40. The van der Waals surface area contributed by atoms with Crippen molar-refractivity contribution >= 4 is 25.8 Å². The van der Waals surface area contributed by atoms with Crippen molar-refractivity contribution in [3.63, 3.8) is 0 Å². The predicted octanol–water partition coefficient (Wildman–Crippen LogP) is 2.86. The zero-order chi connectivity index (χ0) is 14.2. The highest BCUT2D eigenvalue weighted by Gasteiger charge is 2.34. The Morgan fingerprint density at radius 1 is 1.05 bits per heavy atom. The Balaban J connectivity index is 1.48. The number of nitrogens with one attached hydrogen (secondary N) is 1. The van der Waals surface area contributed by atoms with Crippen molar-refractivity contribution in [2.45, 2.75) is 43.7 Å². The Labute approximate surface area is 129 Å². The zero-order valence-electron chi connectivity index (χ0n) is 11.4. The van der Waals surface area contributed by atoms with Crippen LogP contribution in [-0.4, -0.2) is 32.0 Å². The van der Waals surface area contributed by atoms with Gasteiger partial charge in [-0.3, -0.25) is 0 Å². The molecule has 1 N–H and O–H groups in total. The van der Waals surface area contributed by atoms with E-state index in [1.807, 2.05) is 6.07 Å². The SMILES string of the molecule is O=S1(=O)CCC(NC2CC(c3ccccc3Br)C2)CC1. The molecule has 1 aliphatic carbocycles. The largest absolute Gasteiger partial charge is 0.311 e. The standard InChI is InChI=1S/C15H20BrNO2S/c16-15-4-2-1-3-14(15)11-9-13(10-11)17-12-5-7-20(18,19)8-6-12/h1-4,11-13,17H,5-10H2. The summed E-state index contributed by atoms with van der Waals surface area (Å²) in [5.41, 5.74) is 1.40. The first-order chi connectivity index (χ1) is 9.53. The van der Waals surface area contributed by atoms with Crippen molar-refractivity contribution in [2.24, 2.45) is 0 Å². The Morgan fingerprint density at radius 3 is 2.35 bits per heavy atom. The highest BCUT2D eigenvalue weighted by atomic mass is 79.9. The summed E-state index contributed by atoms with van der Waals surface area (Å²) in [6.07, 6.45) is 3.87. The predicted molar refractivity (Wildman–Crippen MR) is 84.7 cm³/mol. The van der Waals surface area contributed by atoms with Crippen LogP contribution in [0.25, 0.3) is 0 Å². The molecule has 20 heavy (non-hydrogen) atoms. The lowest BCUT2D eigenvalue weighted by Crippen LogP contribution is -2.48. The molecule has 1 aliphatic heterocycles. The summed E-state index contributed by atoms with van der Waals surface area (Å²) in [6, 6.07) is 9.37. The fraction of sp³-hybridized carbons (Fsp3) is 0.600. The Morgan fingerprint density at radius 2 is 1.70 bits per heavy atom. The van der Waals surface area contributed by atoms with Crippen molar-refractivity contribution in [2.75, 3.05) is 11.5 Å². The topological polar surface area (TPSA) is 46.2 Å². The van der Waals surface area contributed by atoms with Gasteiger partial charge in [-0.15, -0.1) is 0 Å². The van der Waals surface area contributed by atoms with Crippen LogP contribution in [0, 0.1) is 0 Å². The van der Waals surface area contributed by atoms with E-state index < -0.39 is 9.84 Å². The third-order valence-corrected chi connectivity index (χ3v) is 6.95. The minimum Gasteiger partial charge on any atom is -0.311 e. The maximum absolute atomic E-state index is 11.4. The van der Waals surface area contributed by atoms with Gasteiger partial charge in [-0.25, -0.2) is 8.42 Å². The fourth-order valence-electron chi connectivity index (χ4n) is 3.20. The van der Waals surface area contributed by atoms with Crippen LogP contribution in [-0.2, 0) is 9.84 Å². The molecular formula is C15H20BrNO2S. The third-order valence-electron chi connectivity index (χ3n) is 4.51. The van der Waals surface area contributed by atoms with E-state index in [1.165, 1.54) is 10.0 Å². The molecule has 1 saturated carbocycles. The Bertz CT molecular complexity index is 567. The quantitative estimate of drug-likeness (QED) is 0.904. The molecule has 2 fully saturated rings. The van der Waals surface area contributed by atoms with E-state index >= 15 is 0 Å². The van der Waals surface area contributed by atoms with Crippen molar-refractivity contribution in [1.82, 2.24) is 5.32 Å². The normalized spacial score (nSPS) is 29.9. The molecule has 0 spiro atoms. The average molecular weight is 358 g/mol. The summed E-state index contributed by atoms with van der Waals surface area (Å²) in [5.74, 6) is 1.34. The lowest BCUT2D eigenvalue weighted by molar-refractivity contribution is 0.256. The van der Waals surface area contributed by atoms with Gasteiger partial charge in [0.2, 0.25) is 0 Å². The van der Waals surface area contributed by atoms with Crippen molar-refractivity contribution in [3.8, 4) is 0 Å². The second-order valence-corrected chi connectivity index (χ2v) is 9.14. The van der Waals surface area contributed by atoms with Crippen LogP contribution in [0.4, 0.5) is 0 Å². The Kier molecular flexibility index (Phi) is 4.20. The van der Waals surface area contributed by atoms with E-state index in [9.17, 15) is 8.42 Å². The van der Waals surface area contributed by atoms with Crippen LogP contribution in [0.1, 0.15) is 37.2 Å². The molecule has 0 atom stereocenters. The molecule has 1 saturated heterocycles. The third kappa shape index (κ3) is 3.26. The molecule has 0 aromatic heterocycles. The molecule has 1 aromatic carbocycles. The molecule has 0 bridgehead atoms. The molecule has 1 heterocycles. The molecule has 0 unspecified atom stereocenters. The number of hydrogen-bond donors (Lipinski definition) is 1. The van der Waals surface area contributed by atoms with E-state index in [0.29, 0.717) is 29.5 Å². The van der Waals surface area contributed by atoms with Crippen molar-refractivity contribution in [1.29, 1.82) is 0 Å². The number of benzene rings is 1. The highest BCUT2D eigenvalue weighted by Crippen LogP contribution is 2.40. The first kappa shape index (κ1) is 14.5. The molecule has 0 amide bonds. The number of hydrogen-bond acceptors (Lipinski definition) is 3. The maximum atomic E-state index is 11.4. The van der Waals surface area contributed by atoms with E-state index in [2.05, 4.69) is 39.4 Å². The van der Waals surface area contributed by atoms with Gasteiger partial charge in [-0.2, -0.15) is 0 Å². The highest BCUT2D eigenvalue weighted by molar-refractivity contribution is 9.10. The summed E-state index contributed by atoms with van der Waals surface area (Å²) in [5, 5.41) is 3.63. The summed E-state index contributed by atoms with van der Waals surface area (Å²) in [6.45, 7) is 0. The first-order valence-electron chi connectivity index (χ1n) is 7.24. The van der Waals surface area contributed by atoms with Gasteiger partial charge in [0.15, 0.2) is 0 Å². The van der Waals surface area contributed by atoms with Gasteiger partial charge < -0.3 is 5.32 Å². The Hall–Kier alpha value is -0.390. The van der Waals surface area contributed by atoms with Gasteiger partial charge in [-0.1, -0.05) is 34.1 Å². The molecule has 2 aliphatic rings. The molecule has 3 rings (SSSR count). The van der Waals surface area contributed by atoms with Gasteiger partial charge in [0.05, 0.1) is 11.5 Å². The van der Waals surface area contributed by atoms with Crippen LogP contribution in [0.15, 0.2) is 28.7 Å². The monoisotopic (exact) mass is 357 g/mol. The summed E-state index contributed by atoms with van der Waals surface area (Å²) < 4.78 is 24.0. The van der Waals surface area contributed by atoms with E-state index in [-0.39, 0.29) is 0 Å². The minimum atomic E-state index is -2.75. The van der Waals surface area contributed by atoms with E-state index in [0.717, 1.165) is 25.7 Å². The van der Waals surface area contributed by atoms with Gasteiger partial charge in [0.1, 0.15) is 9.84 Å². The summed E-state index contributed by atoms with van der Waals surface area (Å²) >= 11 is 3.62. The van der Waals surface area contributed by atoms with Crippen LogP contribution < -0.4 is 5.32 Å². The molecular weight excluding hydrogens is 338 g/mol. The van der Waals surface area contributed by atoms with Crippen molar-refractivity contribution in [3.05, 3.63) is 34.3 Å². The zero-order valence-corrected chi connectivity index (χ0v) is 13.8. The molecule has 5 heteroatoms. The second-order valence-electron chi connectivity index (χ2n) is 5.98. The van der Waals surface area contributed by atoms with Gasteiger partial charge in [0, 0.05) is 16.6 Å². The summed E-state index contributed by atoms with van der Waals surface area (Å²) in [4.78, 5) is 0. The van der Waals surface area contributed by atoms with Crippen LogP contribution in [0.5, 0.6) is 0 Å². The van der Waals surface area contributed by atoms with Gasteiger partial charge in [-0.05, 0) is 43.2 Å². The lowest BCUT2D eigenvalue weighted by atomic mass is 9.75. The smallest absolute Gasteiger partial charge is 0.150 e. The first-order valence-corrected chi connectivity index (χ1v) is 9.86. The number of sulfone groups is 1. The van der Waals surface area contributed by atoms with E-state index in [1.54, 1.807) is 0 Å². The van der Waals surface area contributed by atoms with Crippen molar-refractivity contribution < 1.29 is 8.42 Å².